The van der Waals surface area contributed by atoms with Crippen LogP contribution >= 0.6 is 24.2 Å². The van der Waals surface area contributed by atoms with Crippen LogP contribution in [-0.4, -0.2) is 20.8 Å². The smallest absolute Gasteiger partial charge is 0.263 e. The third-order valence-corrected chi connectivity index (χ3v) is 6.49. The molecule has 1 heterocycles. The van der Waals surface area contributed by atoms with Gasteiger partial charge in [0.1, 0.15) is 5.69 Å². The Balaban J connectivity index is 1.95. The molecule has 4 nitrogen and oxygen atoms in total. The van der Waals surface area contributed by atoms with Crippen LogP contribution in [0.25, 0.3) is 0 Å². The maximum absolute atomic E-state index is 12.1. The predicted molar refractivity (Wildman–Crippen MR) is 132 cm³/mol. The van der Waals surface area contributed by atoms with Gasteiger partial charge in [-0.2, -0.15) is 12.6 Å². The summed E-state index contributed by atoms with van der Waals surface area (Å²) in [7, 11) is 0. The highest BCUT2D eigenvalue weighted by Crippen LogP contribution is 2.40. The summed E-state index contributed by atoms with van der Waals surface area (Å²) >= 11 is 5.27. The lowest BCUT2D eigenvalue weighted by Gasteiger charge is -2.32. The fourth-order valence-electron chi connectivity index (χ4n) is 3.67. The first-order valence-electron chi connectivity index (χ1n) is 10.4. The van der Waals surface area contributed by atoms with Crippen LogP contribution in [0.3, 0.4) is 0 Å². The zero-order valence-electron chi connectivity index (χ0n) is 18.7. The molecule has 1 amide bonds. The standard InChI is InChI=1S/C24H34N2O2S2/c1-17(11-12-20-19(3)10-7-14-24(20,4)5)8-6-9-18(2)16-22(27)25-26-21(13-15-29)23(28)30-26/h6,8-9,11-12,16,28-29H,7,10,13-15H2,1-5H3,(H,25,27). The number of carbonyl (C=O) groups excluding carboxylic acids is 1. The first-order valence-corrected chi connectivity index (χ1v) is 11.8. The van der Waals surface area contributed by atoms with Crippen molar-refractivity contribution < 1.29 is 9.90 Å². The Labute approximate surface area is 190 Å². The Morgan fingerprint density at radius 1 is 1.30 bits per heavy atom. The van der Waals surface area contributed by atoms with Gasteiger partial charge in [-0.3, -0.25) is 10.2 Å². The van der Waals surface area contributed by atoms with Crippen molar-refractivity contribution in [1.29, 1.82) is 0 Å². The van der Waals surface area contributed by atoms with Crippen molar-refractivity contribution in [1.82, 2.24) is 4.07 Å². The average Bonchev–Trinajstić information content (AvgIpc) is 2.64. The van der Waals surface area contributed by atoms with E-state index in [0.717, 1.165) is 17.1 Å². The molecule has 0 spiro atoms. The van der Waals surface area contributed by atoms with Gasteiger partial charge in [0.05, 0.1) is 0 Å². The van der Waals surface area contributed by atoms with E-state index in [1.54, 1.807) is 10.1 Å². The summed E-state index contributed by atoms with van der Waals surface area (Å²) in [4.78, 5) is 12.1. The van der Waals surface area contributed by atoms with Gasteiger partial charge in [-0.15, -0.1) is 0 Å². The van der Waals surface area contributed by atoms with E-state index in [9.17, 15) is 9.90 Å². The van der Waals surface area contributed by atoms with Crippen LogP contribution in [0.5, 0.6) is 5.06 Å². The Morgan fingerprint density at radius 2 is 2.03 bits per heavy atom. The lowest BCUT2D eigenvalue weighted by atomic mass is 9.72. The molecule has 164 valence electrons. The van der Waals surface area contributed by atoms with Gasteiger partial charge in [0.25, 0.3) is 5.91 Å². The third-order valence-electron chi connectivity index (χ3n) is 5.36. The number of hydrogen-bond donors (Lipinski definition) is 3. The van der Waals surface area contributed by atoms with Crippen molar-refractivity contribution in [3.8, 4) is 5.06 Å². The van der Waals surface area contributed by atoms with Gasteiger partial charge in [-0.05, 0) is 62.3 Å². The summed E-state index contributed by atoms with van der Waals surface area (Å²) in [5, 5.41) is 9.85. The zero-order chi connectivity index (χ0) is 22.3. The molecule has 0 radical (unpaired) electrons. The van der Waals surface area contributed by atoms with Crippen LogP contribution < -0.4 is 5.43 Å². The van der Waals surface area contributed by atoms with E-state index in [4.69, 9.17) is 0 Å². The van der Waals surface area contributed by atoms with Gasteiger partial charge in [0, 0.05) is 24.0 Å². The number of rotatable bonds is 8. The Hall–Kier alpha value is -1.92. The van der Waals surface area contributed by atoms with E-state index in [1.807, 2.05) is 25.2 Å². The Morgan fingerprint density at radius 3 is 2.67 bits per heavy atom. The highest BCUT2D eigenvalue weighted by atomic mass is 32.1. The molecule has 0 unspecified atom stereocenters. The van der Waals surface area contributed by atoms with Gasteiger partial charge in [-0.1, -0.05) is 55.4 Å². The lowest BCUT2D eigenvalue weighted by molar-refractivity contribution is -0.112. The number of nitrogens with one attached hydrogen (secondary N) is 1. The van der Waals surface area contributed by atoms with Gasteiger partial charge < -0.3 is 5.11 Å². The Kier molecular flexibility index (Phi) is 8.86. The van der Waals surface area contributed by atoms with E-state index in [2.05, 4.69) is 57.9 Å². The minimum Gasteiger partial charge on any atom is -0.497 e. The monoisotopic (exact) mass is 446 g/mol. The molecule has 1 aliphatic rings. The number of aromatic nitrogens is 1. The first kappa shape index (κ1) is 24.4. The molecule has 0 saturated heterocycles. The number of hydrogen-bond acceptors (Lipinski definition) is 4. The maximum Gasteiger partial charge on any atom is 0.263 e. The molecular weight excluding hydrogens is 412 g/mol. The number of aromatic hydroxyl groups is 1. The van der Waals surface area contributed by atoms with Gasteiger partial charge in [0.15, 0.2) is 0 Å². The van der Waals surface area contributed by atoms with Gasteiger partial charge in [-0.25, -0.2) is 4.07 Å². The lowest BCUT2D eigenvalue weighted by Crippen LogP contribution is -2.24. The minimum absolute atomic E-state index is 0.226. The molecule has 1 aromatic heterocycles. The Bertz CT molecular complexity index is 908. The summed E-state index contributed by atoms with van der Waals surface area (Å²) in [6, 6.07) is 0. The van der Waals surface area contributed by atoms with Crippen LogP contribution in [0.4, 0.5) is 0 Å². The minimum atomic E-state index is -0.226. The average molecular weight is 447 g/mol. The molecule has 1 aliphatic carbocycles. The van der Waals surface area contributed by atoms with E-state index in [0.29, 0.717) is 17.9 Å². The molecule has 30 heavy (non-hydrogen) atoms. The fraction of sp³-hybridized carbons (Fsp3) is 0.458. The normalized spacial score (nSPS) is 18.1. The molecule has 2 N–H and O–H groups in total. The number of thiol groups is 1. The molecule has 0 aromatic carbocycles. The molecule has 1 aromatic rings. The zero-order valence-corrected chi connectivity index (χ0v) is 20.4. The second kappa shape index (κ2) is 10.9. The van der Waals surface area contributed by atoms with Crippen molar-refractivity contribution in [2.75, 3.05) is 11.2 Å². The van der Waals surface area contributed by atoms with E-state index in [-0.39, 0.29) is 16.4 Å². The second-order valence-electron chi connectivity index (χ2n) is 8.51. The molecule has 6 heteroatoms. The van der Waals surface area contributed by atoms with Crippen LogP contribution in [0.15, 0.2) is 58.7 Å². The summed E-state index contributed by atoms with van der Waals surface area (Å²) < 4.78 is 1.58. The summed E-state index contributed by atoms with van der Waals surface area (Å²) in [5.41, 5.74) is 8.65. The number of carbonyl (C=O) groups is 1. The quantitative estimate of drug-likeness (QED) is 0.248. The summed E-state index contributed by atoms with van der Waals surface area (Å²) in [6.45, 7) is 10.9. The first-order chi connectivity index (χ1) is 14.1. The second-order valence-corrected chi connectivity index (χ2v) is 9.89. The molecule has 0 atom stereocenters. The summed E-state index contributed by atoms with van der Waals surface area (Å²) in [6.07, 6.45) is 16.2. The highest BCUT2D eigenvalue weighted by molar-refractivity contribution is 7.80. The van der Waals surface area contributed by atoms with Crippen LogP contribution in [0.2, 0.25) is 0 Å². The maximum atomic E-state index is 12.1. The SMILES string of the molecule is CC(C=CC1=C(C)CCCC1(C)C)=CC=CC(C)=CC(=O)Nn1sc(O)c1CCS. The van der Waals surface area contributed by atoms with Crippen molar-refractivity contribution >= 4 is 30.1 Å². The summed E-state index contributed by atoms with van der Waals surface area (Å²) in [5.74, 6) is 0.384. The molecule has 0 saturated carbocycles. The van der Waals surface area contributed by atoms with Crippen molar-refractivity contribution in [3.05, 3.63) is 64.4 Å². The molecular formula is C24H34N2O2S2. The molecule has 0 aliphatic heterocycles. The molecule has 0 fully saturated rings. The largest absolute Gasteiger partial charge is 0.497 e. The fourth-order valence-corrected chi connectivity index (χ4v) is 4.64. The van der Waals surface area contributed by atoms with E-state index < -0.39 is 0 Å². The predicted octanol–water partition coefficient (Wildman–Crippen LogP) is 6.33. The molecule has 2 rings (SSSR count). The molecule has 0 bridgehead atoms. The van der Waals surface area contributed by atoms with E-state index in [1.165, 1.54) is 36.0 Å². The van der Waals surface area contributed by atoms with Crippen molar-refractivity contribution in [2.45, 2.75) is 60.3 Å². The van der Waals surface area contributed by atoms with Gasteiger partial charge >= 0.3 is 0 Å². The van der Waals surface area contributed by atoms with Crippen molar-refractivity contribution in [3.63, 3.8) is 0 Å². The number of allylic oxidation sites excluding steroid dienone is 9. The highest BCUT2D eigenvalue weighted by Gasteiger charge is 2.26. The van der Waals surface area contributed by atoms with E-state index >= 15 is 0 Å². The number of nitrogens with zero attached hydrogens (tertiary/aromatic N) is 1. The van der Waals surface area contributed by atoms with Crippen LogP contribution in [-0.2, 0) is 11.2 Å². The third kappa shape index (κ3) is 6.81. The van der Waals surface area contributed by atoms with Crippen LogP contribution in [0.1, 0.15) is 59.6 Å². The van der Waals surface area contributed by atoms with Gasteiger partial charge in [0.2, 0.25) is 5.06 Å². The number of amides is 1. The van der Waals surface area contributed by atoms with Crippen LogP contribution in [0, 0.1) is 5.41 Å². The van der Waals surface area contributed by atoms with Crippen molar-refractivity contribution in [2.24, 2.45) is 5.41 Å². The topological polar surface area (TPSA) is 54.3 Å².